The molecule has 0 fully saturated rings. The lowest BCUT2D eigenvalue weighted by Gasteiger charge is -2.19. The Morgan fingerprint density at radius 1 is 1.35 bits per heavy atom. The van der Waals surface area contributed by atoms with Crippen molar-refractivity contribution in [3.05, 3.63) is 12.2 Å². The van der Waals surface area contributed by atoms with E-state index < -0.39 is 16.1 Å². The highest BCUT2D eigenvalue weighted by Crippen LogP contribution is 2.05. The Balaban J connectivity index is 4.24. The summed E-state index contributed by atoms with van der Waals surface area (Å²) in [5, 5.41) is 2.66. The van der Waals surface area contributed by atoms with Gasteiger partial charge in [-0.2, -0.15) is 0 Å². The summed E-state index contributed by atoms with van der Waals surface area (Å²) >= 11 is 0. The van der Waals surface area contributed by atoms with Crippen molar-refractivity contribution in [1.29, 1.82) is 0 Å². The van der Waals surface area contributed by atoms with E-state index in [1.165, 1.54) is 0 Å². The van der Waals surface area contributed by atoms with Gasteiger partial charge in [-0.05, 0) is 19.3 Å². The fraction of sp³-hybridized carbons (Fsp3) is 0.769. The minimum absolute atomic E-state index is 0.208. The lowest BCUT2D eigenvalue weighted by atomic mass is 10.0. The lowest BCUT2D eigenvalue weighted by Crippen LogP contribution is -2.47. The van der Waals surface area contributed by atoms with Crippen molar-refractivity contribution in [3.63, 3.8) is 0 Å². The summed E-state index contributed by atoms with van der Waals surface area (Å²) in [6.45, 7) is 10.6. The molecule has 1 unspecified atom stereocenters. The molecule has 0 aliphatic heterocycles. The second-order valence-electron chi connectivity index (χ2n) is 5.37. The second-order valence-corrected chi connectivity index (χ2v) is 7.15. The number of hydrogen-bond acceptors (Lipinski definition) is 4. The van der Waals surface area contributed by atoms with Crippen LogP contribution in [0.1, 0.15) is 27.2 Å². The van der Waals surface area contributed by atoms with Gasteiger partial charge < -0.3 is 10.1 Å². The molecule has 7 heteroatoms. The Kier molecular flexibility index (Phi) is 8.68. The SMILES string of the molecule is C=C(C)COCCNC(=O)C(CC(C)C)NS(C)(=O)=O. The van der Waals surface area contributed by atoms with E-state index in [-0.39, 0.29) is 11.8 Å². The average Bonchev–Trinajstić information content (AvgIpc) is 2.24. The summed E-state index contributed by atoms with van der Waals surface area (Å²) in [7, 11) is -3.41. The number of nitrogens with one attached hydrogen (secondary N) is 2. The zero-order valence-electron chi connectivity index (χ0n) is 12.7. The van der Waals surface area contributed by atoms with E-state index in [1.807, 2.05) is 20.8 Å². The zero-order valence-corrected chi connectivity index (χ0v) is 13.5. The van der Waals surface area contributed by atoms with Crippen molar-refractivity contribution in [1.82, 2.24) is 10.0 Å². The molecule has 0 spiro atoms. The molecular weight excluding hydrogens is 280 g/mol. The first kappa shape index (κ1) is 19.1. The fourth-order valence-corrected chi connectivity index (χ4v) is 2.27. The molecule has 6 nitrogen and oxygen atoms in total. The van der Waals surface area contributed by atoms with Crippen LogP contribution in [0.2, 0.25) is 0 Å². The third kappa shape index (κ3) is 11.0. The van der Waals surface area contributed by atoms with Gasteiger partial charge in [-0.15, -0.1) is 0 Å². The van der Waals surface area contributed by atoms with Gasteiger partial charge in [0.05, 0.1) is 19.5 Å². The van der Waals surface area contributed by atoms with E-state index in [1.54, 1.807) is 0 Å². The first-order valence-electron chi connectivity index (χ1n) is 6.59. The third-order valence-electron chi connectivity index (χ3n) is 2.27. The van der Waals surface area contributed by atoms with E-state index in [2.05, 4.69) is 16.6 Å². The molecule has 1 atom stereocenters. The molecule has 118 valence electrons. The largest absolute Gasteiger partial charge is 0.375 e. The summed E-state index contributed by atoms with van der Waals surface area (Å²) in [5.41, 5.74) is 0.910. The van der Waals surface area contributed by atoms with Crippen LogP contribution in [0.25, 0.3) is 0 Å². The van der Waals surface area contributed by atoms with Crippen molar-refractivity contribution in [3.8, 4) is 0 Å². The van der Waals surface area contributed by atoms with E-state index >= 15 is 0 Å². The molecule has 0 heterocycles. The fourth-order valence-electron chi connectivity index (χ4n) is 1.55. The maximum Gasteiger partial charge on any atom is 0.238 e. The van der Waals surface area contributed by atoms with Gasteiger partial charge in [0.15, 0.2) is 0 Å². The summed E-state index contributed by atoms with van der Waals surface area (Å²) in [6.07, 6.45) is 1.50. The standard InChI is InChI=1S/C13H26N2O4S/c1-10(2)8-12(15-20(5,17)18)13(16)14-6-7-19-9-11(3)4/h10,12,15H,3,6-9H2,1-2,4-5H3,(H,14,16). The van der Waals surface area contributed by atoms with Gasteiger partial charge in [-0.25, -0.2) is 13.1 Å². The predicted octanol–water partition coefficient (Wildman–Crippen LogP) is 0.659. The minimum Gasteiger partial charge on any atom is -0.375 e. The molecule has 1 amide bonds. The van der Waals surface area contributed by atoms with Crippen molar-refractivity contribution in [2.24, 2.45) is 5.92 Å². The Labute approximate surface area is 122 Å². The molecule has 20 heavy (non-hydrogen) atoms. The molecule has 0 aromatic heterocycles. The quantitative estimate of drug-likeness (QED) is 0.459. The number of amides is 1. The van der Waals surface area contributed by atoms with Crippen LogP contribution < -0.4 is 10.0 Å². The van der Waals surface area contributed by atoms with Crippen LogP contribution in [0.15, 0.2) is 12.2 Å². The molecule has 0 aromatic carbocycles. The van der Waals surface area contributed by atoms with E-state index in [9.17, 15) is 13.2 Å². The minimum atomic E-state index is -3.41. The molecule has 0 aliphatic rings. The predicted molar refractivity (Wildman–Crippen MR) is 79.9 cm³/mol. The van der Waals surface area contributed by atoms with Gasteiger partial charge in [-0.3, -0.25) is 4.79 Å². The maximum atomic E-state index is 11.9. The van der Waals surface area contributed by atoms with Crippen molar-refractivity contribution < 1.29 is 17.9 Å². The summed E-state index contributed by atoms with van der Waals surface area (Å²) < 4.78 is 30.1. The Morgan fingerprint density at radius 2 is 1.95 bits per heavy atom. The highest BCUT2D eigenvalue weighted by Gasteiger charge is 2.22. The van der Waals surface area contributed by atoms with Crippen molar-refractivity contribution in [2.75, 3.05) is 26.0 Å². The van der Waals surface area contributed by atoms with Crippen LogP contribution >= 0.6 is 0 Å². The second kappa shape index (κ2) is 9.10. The van der Waals surface area contributed by atoms with E-state index in [4.69, 9.17) is 4.74 Å². The van der Waals surface area contributed by atoms with Crippen LogP contribution in [0.5, 0.6) is 0 Å². The number of sulfonamides is 1. The number of carbonyl (C=O) groups excluding carboxylic acids is 1. The molecule has 0 saturated heterocycles. The molecule has 2 N–H and O–H groups in total. The van der Waals surface area contributed by atoms with Crippen LogP contribution in [0.3, 0.4) is 0 Å². The van der Waals surface area contributed by atoms with Crippen LogP contribution in [-0.2, 0) is 19.6 Å². The number of hydrogen-bond donors (Lipinski definition) is 2. The molecule has 0 aliphatic carbocycles. The monoisotopic (exact) mass is 306 g/mol. The summed E-state index contributed by atoms with van der Waals surface area (Å²) in [5.74, 6) is -0.122. The van der Waals surface area contributed by atoms with Crippen molar-refractivity contribution >= 4 is 15.9 Å². The Bertz CT molecular complexity index is 418. The molecular formula is C13H26N2O4S. The molecule has 0 radical (unpaired) electrons. The maximum absolute atomic E-state index is 11.9. The van der Waals surface area contributed by atoms with Crippen molar-refractivity contribution in [2.45, 2.75) is 33.2 Å². The average molecular weight is 306 g/mol. The van der Waals surface area contributed by atoms with E-state index in [0.29, 0.717) is 26.2 Å². The normalized spacial score (nSPS) is 13.2. The van der Waals surface area contributed by atoms with Gasteiger partial charge in [-0.1, -0.05) is 26.0 Å². The third-order valence-corrected chi connectivity index (χ3v) is 2.99. The highest BCUT2D eigenvalue weighted by atomic mass is 32.2. The Morgan fingerprint density at radius 3 is 2.40 bits per heavy atom. The zero-order chi connectivity index (χ0) is 15.8. The number of carbonyl (C=O) groups is 1. The number of ether oxygens (including phenoxy) is 1. The van der Waals surface area contributed by atoms with Gasteiger partial charge in [0.25, 0.3) is 0 Å². The van der Waals surface area contributed by atoms with Crippen LogP contribution in [-0.4, -0.2) is 46.4 Å². The first-order chi connectivity index (χ1) is 9.11. The van der Waals surface area contributed by atoms with Gasteiger partial charge in [0.1, 0.15) is 6.04 Å². The summed E-state index contributed by atoms with van der Waals surface area (Å²) in [4.78, 5) is 11.9. The Hall–Kier alpha value is -0.920. The van der Waals surface area contributed by atoms with Crippen LogP contribution in [0, 0.1) is 5.92 Å². The van der Waals surface area contributed by atoms with Crippen LogP contribution in [0.4, 0.5) is 0 Å². The smallest absolute Gasteiger partial charge is 0.238 e. The molecule has 0 bridgehead atoms. The summed E-state index contributed by atoms with van der Waals surface area (Å²) in [6, 6.07) is -0.744. The molecule has 0 rings (SSSR count). The van der Waals surface area contributed by atoms with Gasteiger partial charge in [0.2, 0.25) is 15.9 Å². The number of rotatable bonds is 10. The van der Waals surface area contributed by atoms with Gasteiger partial charge in [0, 0.05) is 6.54 Å². The lowest BCUT2D eigenvalue weighted by molar-refractivity contribution is -0.123. The molecule has 0 saturated carbocycles. The topological polar surface area (TPSA) is 84.5 Å². The van der Waals surface area contributed by atoms with Gasteiger partial charge >= 0.3 is 0 Å². The highest BCUT2D eigenvalue weighted by molar-refractivity contribution is 7.88. The molecule has 0 aromatic rings. The first-order valence-corrected chi connectivity index (χ1v) is 8.48. The van der Waals surface area contributed by atoms with E-state index in [0.717, 1.165) is 11.8 Å².